The molecule has 0 saturated heterocycles. The summed E-state index contributed by atoms with van der Waals surface area (Å²) in [6.07, 6.45) is 1.80. The van der Waals surface area contributed by atoms with E-state index < -0.39 is 5.41 Å². The van der Waals surface area contributed by atoms with Gasteiger partial charge in [0.1, 0.15) is 0 Å². The zero-order valence-corrected chi connectivity index (χ0v) is 10.4. The second-order valence-corrected chi connectivity index (χ2v) is 5.28. The van der Waals surface area contributed by atoms with Gasteiger partial charge < -0.3 is 0 Å². The van der Waals surface area contributed by atoms with Gasteiger partial charge in [-0.05, 0) is 18.6 Å². The van der Waals surface area contributed by atoms with Gasteiger partial charge in [0.05, 0.1) is 0 Å². The van der Waals surface area contributed by atoms with Gasteiger partial charge in [0.15, 0.2) is 11.6 Å². The molecule has 1 aliphatic carbocycles. The van der Waals surface area contributed by atoms with Crippen molar-refractivity contribution in [1.82, 2.24) is 0 Å². The van der Waals surface area contributed by atoms with E-state index in [1.54, 1.807) is 0 Å². The van der Waals surface area contributed by atoms with Gasteiger partial charge in [0.25, 0.3) is 0 Å². The Morgan fingerprint density at radius 2 is 1.88 bits per heavy atom. The van der Waals surface area contributed by atoms with Crippen molar-refractivity contribution in [2.75, 3.05) is 0 Å². The maximum absolute atomic E-state index is 12.3. The van der Waals surface area contributed by atoms with E-state index in [0.29, 0.717) is 12.0 Å². The Bertz CT molecular complexity index is 521. The minimum Gasteiger partial charge on any atom is -0.295 e. The lowest BCUT2D eigenvalue weighted by Crippen LogP contribution is -2.31. The molecule has 0 spiro atoms. The van der Waals surface area contributed by atoms with Crippen LogP contribution >= 0.6 is 0 Å². The number of hydrogen-bond donors (Lipinski definition) is 0. The van der Waals surface area contributed by atoms with Crippen LogP contribution in [-0.4, -0.2) is 11.6 Å². The third-order valence-electron chi connectivity index (χ3n) is 3.11. The highest BCUT2D eigenvalue weighted by atomic mass is 16.1. The summed E-state index contributed by atoms with van der Waals surface area (Å²) in [5.74, 6) is 0.0915. The largest absolute Gasteiger partial charge is 0.295 e. The molecular weight excluding hydrogens is 212 g/mol. The maximum Gasteiger partial charge on any atom is 0.169 e. The molecule has 1 aromatic carbocycles. The fourth-order valence-electron chi connectivity index (χ4n) is 2.19. The third kappa shape index (κ3) is 2.21. The predicted molar refractivity (Wildman–Crippen MR) is 67.6 cm³/mol. The summed E-state index contributed by atoms with van der Waals surface area (Å²) in [6, 6.07) is 7.71. The molecule has 0 amide bonds. The molecule has 0 aromatic heterocycles. The van der Waals surface area contributed by atoms with Gasteiger partial charge in [-0.25, -0.2) is 0 Å². The fourth-order valence-corrected chi connectivity index (χ4v) is 2.19. The van der Waals surface area contributed by atoms with Crippen LogP contribution in [0.15, 0.2) is 30.3 Å². The summed E-state index contributed by atoms with van der Waals surface area (Å²) in [6.45, 7) is 5.64. The van der Waals surface area contributed by atoms with Crippen molar-refractivity contribution in [3.8, 4) is 0 Å². The molecule has 1 aromatic rings. The van der Waals surface area contributed by atoms with Gasteiger partial charge in [-0.3, -0.25) is 9.59 Å². The topological polar surface area (TPSA) is 34.1 Å². The molecule has 2 rings (SSSR count). The molecule has 1 aliphatic rings. The van der Waals surface area contributed by atoms with Gasteiger partial charge in [0.2, 0.25) is 0 Å². The van der Waals surface area contributed by atoms with E-state index in [9.17, 15) is 9.59 Å². The lowest BCUT2D eigenvalue weighted by Gasteiger charge is -2.27. The summed E-state index contributed by atoms with van der Waals surface area (Å²) >= 11 is 0. The van der Waals surface area contributed by atoms with E-state index in [1.807, 2.05) is 45.0 Å². The van der Waals surface area contributed by atoms with E-state index in [-0.39, 0.29) is 11.6 Å². The van der Waals surface area contributed by atoms with Crippen LogP contribution in [0.4, 0.5) is 0 Å². The number of Topliss-reactive ketones (excluding diaryl/α,β-unsaturated/α-hetero) is 1. The van der Waals surface area contributed by atoms with Crippen molar-refractivity contribution in [3.05, 3.63) is 41.5 Å². The molecule has 17 heavy (non-hydrogen) atoms. The number of benzene rings is 1. The molecular formula is C15H16O2. The van der Waals surface area contributed by atoms with E-state index in [2.05, 4.69) is 0 Å². The Balaban J connectivity index is 2.51. The first kappa shape index (κ1) is 11.8. The van der Waals surface area contributed by atoms with Gasteiger partial charge in [-0.2, -0.15) is 0 Å². The number of rotatable bonds is 1. The Kier molecular flexibility index (Phi) is 2.74. The fraction of sp³-hybridized carbons (Fsp3) is 0.333. The van der Waals surface area contributed by atoms with Crippen LogP contribution in [0.2, 0.25) is 0 Å². The first-order valence-electron chi connectivity index (χ1n) is 5.76. The predicted octanol–water partition coefficient (Wildman–Crippen LogP) is 2.95. The van der Waals surface area contributed by atoms with Crippen molar-refractivity contribution < 1.29 is 9.59 Å². The molecule has 0 N–H and O–H groups in total. The van der Waals surface area contributed by atoms with E-state index in [1.165, 1.54) is 6.08 Å². The highest BCUT2D eigenvalue weighted by molar-refractivity contribution is 6.30. The number of carbonyl (C=O) groups is 2. The molecule has 2 nitrogen and oxygen atoms in total. The Labute approximate surface area is 101 Å². The normalized spacial score (nSPS) is 19.1. The quantitative estimate of drug-likeness (QED) is 0.740. The SMILES string of the molecule is Cc1cccc(C2=CC(=O)CC(C)(C)C2=O)c1. The number of ketones is 2. The monoisotopic (exact) mass is 228 g/mol. The van der Waals surface area contributed by atoms with Crippen molar-refractivity contribution in [2.24, 2.45) is 5.41 Å². The van der Waals surface area contributed by atoms with E-state index >= 15 is 0 Å². The number of hydrogen-bond acceptors (Lipinski definition) is 2. The maximum atomic E-state index is 12.3. The number of aryl methyl sites for hydroxylation is 1. The summed E-state index contributed by atoms with van der Waals surface area (Å²) in [4.78, 5) is 23.9. The van der Waals surface area contributed by atoms with Crippen LogP contribution in [0.25, 0.3) is 5.57 Å². The minimum atomic E-state index is -0.578. The van der Waals surface area contributed by atoms with Crippen molar-refractivity contribution in [1.29, 1.82) is 0 Å². The number of allylic oxidation sites excluding steroid dienone is 2. The molecule has 0 fully saturated rings. The zero-order chi connectivity index (χ0) is 12.6. The lowest BCUT2D eigenvalue weighted by atomic mass is 9.74. The smallest absolute Gasteiger partial charge is 0.169 e. The van der Waals surface area contributed by atoms with Gasteiger partial charge >= 0.3 is 0 Å². The summed E-state index contributed by atoms with van der Waals surface area (Å²) < 4.78 is 0. The van der Waals surface area contributed by atoms with Crippen LogP contribution in [-0.2, 0) is 9.59 Å². The highest BCUT2D eigenvalue weighted by Gasteiger charge is 2.36. The van der Waals surface area contributed by atoms with Crippen LogP contribution < -0.4 is 0 Å². The van der Waals surface area contributed by atoms with Crippen LogP contribution in [0.5, 0.6) is 0 Å². The lowest BCUT2D eigenvalue weighted by molar-refractivity contribution is -0.127. The first-order chi connectivity index (χ1) is 7.90. The second-order valence-electron chi connectivity index (χ2n) is 5.28. The van der Waals surface area contributed by atoms with Crippen LogP contribution in [0.1, 0.15) is 31.4 Å². The van der Waals surface area contributed by atoms with Crippen molar-refractivity contribution >= 4 is 17.1 Å². The van der Waals surface area contributed by atoms with Gasteiger partial charge in [-0.1, -0.05) is 43.7 Å². The van der Waals surface area contributed by atoms with Crippen molar-refractivity contribution in [2.45, 2.75) is 27.2 Å². The average molecular weight is 228 g/mol. The molecule has 0 atom stereocenters. The summed E-state index contributed by atoms with van der Waals surface area (Å²) in [5, 5.41) is 0. The molecule has 0 radical (unpaired) electrons. The molecule has 0 saturated carbocycles. The van der Waals surface area contributed by atoms with Crippen LogP contribution in [0, 0.1) is 12.3 Å². The van der Waals surface area contributed by atoms with E-state index in [0.717, 1.165) is 11.1 Å². The molecule has 0 unspecified atom stereocenters. The molecule has 0 aliphatic heterocycles. The summed E-state index contributed by atoms with van der Waals surface area (Å²) in [5.41, 5.74) is 1.91. The summed E-state index contributed by atoms with van der Waals surface area (Å²) in [7, 11) is 0. The van der Waals surface area contributed by atoms with E-state index in [4.69, 9.17) is 0 Å². The third-order valence-corrected chi connectivity index (χ3v) is 3.11. The highest BCUT2D eigenvalue weighted by Crippen LogP contribution is 2.34. The van der Waals surface area contributed by atoms with Crippen molar-refractivity contribution in [3.63, 3.8) is 0 Å². The first-order valence-corrected chi connectivity index (χ1v) is 5.76. The standard InChI is InChI=1S/C15H16O2/c1-10-5-4-6-11(7-10)13-8-12(16)9-15(2,3)14(13)17/h4-8H,9H2,1-3H3. The average Bonchev–Trinajstić information content (AvgIpc) is 2.22. The molecule has 2 heteroatoms. The van der Waals surface area contributed by atoms with Gasteiger partial charge in [0, 0.05) is 17.4 Å². The molecule has 88 valence electrons. The minimum absolute atomic E-state index is 0.0334. The Morgan fingerprint density at radius 3 is 2.53 bits per heavy atom. The molecule has 0 bridgehead atoms. The zero-order valence-electron chi connectivity index (χ0n) is 10.4. The van der Waals surface area contributed by atoms with Gasteiger partial charge in [-0.15, -0.1) is 0 Å². The second kappa shape index (κ2) is 3.95. The number of carbonyl (C=O) groups excluding carboxylic acids is 2. The molecule has 0 heterocycles. The Morgan fingerprint density at radius 1 is 1.18 bits per heavy atom. The Hall–Kier alpha value is -1.70. The van der Waals surface area contributed by atoms with Crippen LogP contribution in [0.3, 0.4) is 0 Å².